The molecule has 3 rings (SSSR count). The standard InChI is InChI=1S/C14H19NO3/c1-16-13-6-5-12-10(8-17-9-18-12)14(13)11-4-2-3-7-15-11/h5-6,11,15H,2-4,7-9H2,1H3. The average molecular weight is 249 g/mol. The second-order valence-corrected chi connectivity index (χ2v) is 4.77. The minimum Gasteiger partial charge on any atom is -0.496 e. The molecule has 0 bridgehead atoms. The van der Waals surface area contributed by atoms with Gasteiger partial charge >= 0.3 is 0 Å². The fourth-order valence-electron chi connectivity index (χ4n) is 2.81. The largest absolute Gasteiger partial charge is 0.496 e. The van der Waals surface area contributed by atoms with Crippen molar-refractivity contribution in [3.05, 3.63) is 23.3 Å². The average Bonchev–Trinajstić information content (AvgIpc) is 2.47. The first-order valence-electron chi connectivity index (χ1n) is 6.54. The van der Waals surface area contributed by atoms with Crippen molar-refractivity contribution in [1.82, 2.24) is 5.32 Å². The van der Waals surface area contributed by atoms with Crippen LogP contribution in [0.1, 0.15) is 36.4 Å². The maximum absolute atomic E-state index is 5.55. The Bertz CT molecular complexity index is 427. The second kappa shape index (κ2) is 5.16. The van der Waals surface area contributed by atoms with E-state index in [-0.39, 0.29) is 0 Å². The summed E-state index contributed by atoms with van der Waals surface area (Å²) in [5.74, 6) is 1.87. The van der Waals surface area contributed by atoms with Gasteiger partial charge in [-0.2, -0.15) is 0 Å². The van der Waals surface area contributed by atoms with Gasteiger partial charge in [0, 0.05) is 17.2 Å². The smallest absolute Gasteiger partial charge is 0.189 e. The van der Waals surface area contributed by atoms with E-state index in [1.165, 1.54) is 18.4 Å². The topological polar surface area (TPSA) is 39.7 Å². The van der Waals surface area contributed by atoms with E-state index in [2.05, 4.69) is 5.32 Å². The molecule has 1 N–H and O–H groups in total. The quantitative estimate of drug-likeness (QED) is 0.873. The first-order valence-corrected chi connectivity index (χ1v) is 6.54. The first-order chi connectivity index (χ1) is 8.90. The van der Waals surface area contributed by atoms with E-state index in [9.17, 15) is 0 Å². The number of hydrogen-bond donors (Lipinski definition) is 1. The van der Waals surface area contributed by atoms with Gasteiger partial charge in [-0.15, -0.1) is 0 Å². The first kappa shape index (κ1) is 11.8. The van der Waals surface area contributed by atoms with Crippen LogP contribution in [0.15, 0.2) is 12.1 Å². The third-order valence-electron chi connectivity index (χ3n) is 3.70. The Morgan fingerprint density at radius 2 is 2.28 bits per heavy atom. The molecule has 2 aliphatic rings. The highest BCUT2D eigenvalue weighted by Crippen LogP contribution is 2.39. The third-order valence-corrected chi connectivity index (χ3v) is 3.70. The lowest BCUT2D eigenvalue weighted by molar-refractivity contribution is -0.0173. The van der Waals surface area contributed by atoms with Crippen molar-refractivity contribution in [2.24, 2.45) is 0 Å². The maximum Gasteiger partial charge on any atom is 0.189 e. The van der Waals surface area contributed by atoms with Gasteiger partial charge < -0.3 is 19.5 Å². The maximum atomic E-state index is 5.55. The summed E-state index contributed by atoms with van der Waals surface area (Å²) < 4.78 is 16.5. The molecule has 18 heavy (non-hydrogen) atoms. The molecule has 4 heteroatoms. The summed E-state index contributed by atoms with van der Waals surface area (Å²) in [5.41, 5.74) is 2.36. The van der Waals surface area contributed by atoms with Gasteiger partial charge in [0.25, 0.3) is 0 Å². The van der Waals surface area contributed by atoms with Gasteiger partial charge in [-0.05, 0) is 31.5 Å². The molecule has 1 saturated heterocycles. The van der Waals surface area contributed by atoms with Crippen LogP contribution in [0.4, 0.5) is 0 Å². The SMILES string of the molecule is COc1ccc2c(c1C1CCCCN1)COCO2. The summed E-state index contributed by atoms with van der Waals surface area (Å²) >= 11 is 0. The number of piperidine rings is 1. The van der Waals surface area contributed by atoms with E-state index in [0.29, 0.717) is 19.4 Å². The van der Waals surface area contributed by atoms with E-state index in [1.807, 2.05) is 12.1 Å². The Labute approximate surface area is 107 Å². The molecule has 1 atom stereocenters. The Hall–Kier alpha value is -1.26. The molecule has 4 nitrogen and oxygen atoms in total. The van der Waals surface area contributed by atoms with Crippen LogP contribution in [0.5, 0.6) is 11.5 Å². The lowest BCUT2D eigenvalue weighted by Gasteiger charge is -2.30. The van der Waals surface area contributed by atoms with Crippen molar-refractivity contribution in [1.29, 1.82) is 0 Å². The second-order valence-electron chi connectivity index (χ2n) is 4.77. The fraction of sp³-hybridized carbons (Fsp3) is 0.571. The Morgan fingerprint density at radius 1 is 1.33 bits per heavy atom. The predicted molar refractivity (Wildman–Crippen MR) is 67.9 cm³/mol. The Kier molecular flexibility index (Phi) is 3.39. The molecule has 1 fully saturated rings. The molecular weight excluding hydrogens is 230 g/mol. The van der Waals surface area contributed by atoms with E-state index < -0.39 is 0 Å². The lowest BCUT2D eigenvalue weighted by atomic mass is 9.92. The summed E-state index contributed by atoms with van der Waals surface area (Å²) in [6.07, 6.45) is 3.65. The summed E-state index contributed by atoms with van der Waals surface area (Å²) in [4.78, 5) is 0. The molecule has 2 heterocycles. The zero-order valence-electron chi connectivity index (χ0n) is 10.7. The third kappa shape index (κ3) is 2.06. The number of methoxy groups -OCH3 is 1. The van der Waals surface area contributed by atoms with Crippen LogP contribution in [0.2, 0.25) is 0 Å². The van der Waals surface area contributed by atoms with Crippen molar-refractivity contribution in [3.63, 3.8) is 0 Å². The molecule has 0 aliphatic carbocycles. The molecule has 0 spiro atoms. The van der Waals surface area contributed by atoms with Gasteiger partial charge in [0.2, 0.25) is 0 Å². The predicted octanol–water partition coefficient (Wildman–Crippen LogP) is 2.38. The zero-order valence-corrected chi connectivity index (χ0v) is 10.7. The van der Waals surface area contributed by atoms with Crippen LogP contribution in [-0.4, -0.2) is 20.4 Å². The Balaban J connectivity index is 2.03. The van der Waals surface area contributed by atoms with Gasteiger partial charge in [0.05, 0.1) is 13.7 Å². The van der Waals surface area contributed by atoms with Crippen molar-refractivity contribution in [2.45, 2.75) is 31.9 Å². The van der Waals surface area contributed by atoms with Crippen molar-refractivity contribution in [3.8, 4) is 11.5 Å². The molecule has 2 aliphatic heterocycles. The number of ether oxygens (including phenoxy) is 3. The molecule has 0 aromatic heterocycles. The number of benzene rings is 1. The highest BCUT2D eigenvalue weighted by molar-refractivity contribution is 5.50. The molecule has 1 aromatic carbocycles. The molecule has 0 saturated carbocycles. The van der Waals surface area contributed by atoms with Crippen LogP contribution in [-0.2, 0) is 11.3 Å². The molecule has 1 unspecified atom stereocenters. The summed E-state index contributed by atoms with van der Waals surface area (Å²) in [7, 11) is 1.72. The van der Waals surface area contributed by atoms with E-state index in [1.54, 1.807) is 7.11 Å². The number of hydrogen-bond acceptors (Lipinski definition) is 4. The molecule has 98 valence electrons. The summed E-state index contributed by atoms with van der Waals surface area (Å²) in [5, 5.41) is 3.57. The summed E-state index contributed by atoms with van der Waals surface area (Å²) in [6.45, 7) is 2.02. The Morgan fingerprint density at radius 3 is 3.06 bits per heavy atom. The normalized spacial score (nSPS) is 23.1. The highest BCUT2D eigenvalue weighted by atomic mass is 16.7. The molecule has 0 amide bonds. The number of nitrogens with one attached hydrogen (secondary N) is 1. The highest BCUT2D eigenvalue weighted by Gasteiger charge is 2.26. The van der Waals surface area contributed by atoms with Gasteiger partial charge in [0.15, 0.2) is 6.79 Å². The molecular formula is C14H19NO3. The van der Waals surface area contributed by atoms with Gasteiger partial charge in [-0.1, -0.05) is 6.42 Å². The van der Waals surface area contributed by atoms with Gasteiger partial charge in [-0.3, -0.25) is 0 Å². The van der Waals surface area contributed by atoms with E-state index in [4.69, 9.17) is 14.2 Å². The van der Waals surface area contributed by atoms with E-state index >= 15 is 0 Å². The fourth-order valence-corrected chi connectivity index (χ4v) is 2.81. The van der Waals surface area contributed by atoms with Crippen LogP contribution < -0.4 is 14.8 Å². The molecule has 0 radical (unpaired) electrons. The number of rotatable bonds is 2. The van der Waals surface area contributed by atoms with Crippen LogP contribution in [0, 0.1) is 0 Å². The van der Waals surface area contributed by atoms with Crippen molar-refractivity contribution >= 4 is 0 Å². The van der Waals surface area contributed by atoms with Crippen LogP contribution in [0.25, 0.3) is 0 Å². The monoisotopic (exact) mass is 249 g/mol. The summed E-state index contributed by atoms with van der Waals surface area (Å²) in [6, 6.07) is 4.33. The minimum atomic E-state index is 0.344. The van der Waals surface area contributed by atoms with Crippen LogP contribution in [0.3, 0.4) is 0 Å². The van der Waals surface area contributed by atoms with E-state index in [0.717, 1.165) is 30.0 Å². The molecule has 1 aromatic rings. The zero-order chi connectivity index (χ0) is 12.4. The lowest BCUT2D eigenvalue weighted by Crippen LogP contribution is -2.29. The van der Waals surface area contributed by atoms with Crippen molar-refractivity contribution < 1.29 is 14.2 Å². The van der Waals surface area contributed by atoms with Crippen LogP contribution >= 0.6 is 0 Å². The minimum absolute atomic E-state index is 0.344. The number of fused-ring (bicyclic) bond motifs is 1. The van der Waals surface area contributed by atoms with Gasteiger partial charge in [0.1, 0.15) is 11.5 Å². The van der Waals surface area contributed by atoms with Gasteiger partial charge in [-0.25, -0.2) is 0 Å². The van der Waals surface area contributed by atoms with Crippen molar-refractivity contribution in [2.75, 3.05) is 20.4 Å².